The van der Waals surface area contributed by atoms with Gasteiger partial charge in [-0.3, -0.25) is 14.5 Å². The molecule has 0 bridgehead atoms. The lowest BCUT2D eigenvalue weighted by atomic mass is 9.93. The molecular weight excluding hydrogens is 400 g/mol. The van der Waals surface area contributed by atoms with E-state index in [-0.39, 0.29) is 18.4 Å². The van der Waals surface area contributed by atoms with Gasteiger partial charge in [0.1, 0.15) is 9.92 Å². The molecule has 0 atom stereocenters. The van der Waals surface area contributed by atoms with Crippen molar-refractivity contribution in [1.82, 2.24) is 9.80 Å². The summed E-state index contributed by atoms with van der Waals surface area (Å²) in [6.45, 7) is 7.22. The smallest absolute Gasteiger partial charge is 0.410 e. The molecule has 28 heavy (non-hydrogen) atoms. The number of rotatable bonds is 6. The van der Waals surface area contributed by atoms with Crippen molar-refractivity contribution in [3.05, 3.63) is 11.0 Å². The minimum atomic E-state index is -0.876. The van der Waals surface area contributed by atoms with Crippen molar-refractivity contribution in [2.45, 2.75) is 58.5 Å². The maximum absolute atomic E-state index is 12.5. The number of allylic oxidation sites excluding steroid dienone is 1. The summed E-state index contributed by atoms with van der Waals surface area (Å²) in [5, 5.41) is 8.72. The first-order valence-corrected chi connectivity index (χ1v) is 10.7. The monoisotopic (exact) mass is 428 g/mol. The molecule has 2 amide bonds. The van der Waals surface area contributed by atoms with Crippen LogP contribution in [0.25, 0.3) is 0 Å². The van der Waals surface area contributed by atoms with Crippen molar-refractivity contribution in [3.8, 4) is 0 Å². The van der Waals surface area contributed by atoms with Gasteiger partial charge in [0, 0.05) is 26.1 Å². The third-order valence-electron chi connectivity index (χ3n) is 4.55. The largest absolute Gasteiger partial charge is 0.481 e. The van der Waals surface area contributed by atoms with Crippen LogP contribution >= 0.6 is 24.0 Å². The Balaban J connectivity index is 1.80. The normalized spacial score (nSPS) is 20.2. The van der Waals surface area contributed by atoms with Crippen LogP contribution in [-0.4, -0.2) is 62.4 Å². The van der Waals surface area contributed by atoms with Crippen LogP contribution < -0.4 is 0 Å². The van der Waals surface area contributed by atoms with Gasteiger partial charge in [-0.05, 0) is 52.4 Å². The SMILES string of the molecule is CC(C)(C)OC(=O)N1CCC(C/C=C2/SC(=S)N(CCCC(=O)O)C2=O)CC1. The molecule has 0 unspecified atom stereocenters. The van der Waals surface area contributed by atoms with Crippen molar-refractivity contribution in [2.75, 3.05) is 19.6 Å². The molecule has 7 nitrogen and oxygen atoms in total. The average molecular weight is 429 g/mol. The van der Waals surface area contributed by atoms with Gasteiger partial charge in [-0.2, -0.15) is 0 Å². The van der Waals surface area contributed by atoms with Crippen LogP contribution in [-0.2, 0) is 14.3 Å². The quantitative estimate of drug-likeness (QED) is 0.510. The second kappa shape index (κ2) is 9.73. The van der Waals surface area contributed by atoms with Crippen LogP contribution in [0.5, 0.6) is 0 Å². The summed E-state index contributed by atoms with van der Waals surface area (Å²) < 4.78 is 5.90. The van der Waals surface area contributed by atoms with E-state index in [4.69, 9.17) is 22.1 Å². The molecule has 0 saturated carbocycles. The highest BCUT2D eigenvalue weighted by Gasteiger charge is 2.32. The molecule has 9 heteroatoms. The van der Waals surface area contributed by atoms with Gasteiger partial charge in [0.15, 0.2) is 0 Å². The predicted octanol–water partition coefficient (Wildman–Crippen LogP) is 3.63. The molecule has 2 aliphatic rings. The number of nitrogens with zero attached hydrogens (tertiary/aromatic N) is 2. The summed E-state index contributed by atoms with van der Waals surface area (Å²) in [7, 11) is 0. The Morgan fingerprint density at radius 3 is 2.54 bits per heavy atom. The van der Waals surface area contributed by atoms with Crippen molar-refractivity contribution >= 4 is 46.3 Å². The van der Waals surface area contributed by atoms with E-state index in [1.807, 2.05) is 26.8 Å². The number of carboxylic acids is 1. The number of piperidine rings is 1. The molecule has 2 heterocycles. The lowest BCUT2D eigenvalue weighted by Crippen LogP contribution is -2.41. The predicted molar refractivity (Wildman–Crippen MR) is 112 cm³/mol. The van der Waals surface area contributed by atoms with Gasteiger partial charge in [0.2, 0.25) is 0 Å². The molecule has 0 aliphatic carbocycles. The standard InChI is InChI=1S/C19H28N2O5S2/c1-19(2,3)26-17(25)20-11-8-13(9-12-20)6-7-14-16(24)21(18(27)28-14)10-4-5-15(22)23/h7,13H,4-6,8-12H2,1-3H3,(H,22,23)/b14-7+. The Bertz CT molecular complexity index is 664. The summed E-state index contributed by atoms with van der Waals surface area (Å²) in [6, 6.07) is 0. The first-order chi connectivity index (χ1) is 13.1. The number of ether oxygens (including phenoxy) is 1. The van der Waals surface area contributed by atoms with Gasteiger partial charge in [-0.25, -0.2) is 4.79 Å². The number of hydrogen-bond acceptors (Lipinski definition) is 6. The van der Waals surface area contributed by atoms with Crippen molar-refractivity contribution < 1.29 is 24.2 Å². The van der Waals surface area contributed by atoms with Gasteiger partial charge in [-0.1, -0.05) is 30.1 Å². The Morgan fingerprint density at radius 1 is 1.32 bits per heavy atom. The van der Waals surface area contributed by atoms with Crippen molar-refractivity contribution in [2.24, 2.45) is 5.92 Å². The number of carboxylic acid groups (broad SMARTS) is 1. The minimum absolute atomic E-state index is 0.0202. The number of thiocarbonyl (C=S) groups is 1. The van der Waals surface area contributed by atoms with E-state index in [9.17, 15) is 14.4 Å². The average Bonchev–Trinajstić information content (AvgIpc) is 2.86. The van der Waals surface area contributed by atoms with E-state index in [1.165, 1.54) is 16.7 Å². The highest BCUT2D eigenvalue weighted by atomic mass is 32.2. The lowest BCUT2D eigenvalue weighted by Gasteiger charge is -2.33. The van der Waals surface area contributed by atoms with E-state index in [1.54, 1.807) is 4.90 Å². The zero-order chi connectivity index (χ0) is 20.9. The zero-order valence-corrected chi connectivity index (χ0v) is 18.2. The Hall–Kier alpha value is -1.61. The van der Waals surface area contributed by atoms with Gasteiger partial charge in [-0.15, -0.1) is 0 Å². The second-order valence-electron chi connectivity index (χ2n) is 8.04. The van der Waals surface area contributed by atoms with Crippen LogP contribution in [0.3, 0.4) is 0 Å². The summed E-state index contributed by atoms with van der Waals surface area (Å²) in [6.07, 6.45) is 4.58. The molecular formula is C19H28N2O5S2. The summed E-state index contributed by atoms with van der Waals surface area (Å²) in [4.78, 5) is 39.1. The van der Waals surface area contributed by atoms with Crippen LogP contribution in [0.4, 0.5) is 4.79 Å². The molecule has 0 spiro atoms. The molecule has 0 radical (unpaired) electrons. The van der Waals surface area contributed by atoms with Crippen LogP contribution in [0.1, 0.15) is 52.9 Å². The van der Waals surface area contributed by atoms with Gasteiger partial charge in [0.25, 0.3) is 5.91 Å². The number of thioether (sulfide) groups is 1. The maximum Gasteiger partial charge on any atom is 0.410 e. The third kappa shape index (κ3) is 6.77. The molecule has 0 aromatic heterocycles. The first kappa shape index (κ1) is 22.7. The lowest BCUT2D eigenvalue weighted by molar-refractivity contribution is -0.137. The summed E-state index contributed by atoms with van der Waals surface area (Å²) in [5.74, 6) is -0.598. The fourth-order valence-electron chi connectivity index (χ4n) is 3.07. The molecule has 0 aromatic carbocycles. The maximum atomic E-state index is 12.5. The molecule has 2 aliphatic heterocycles. The molecule has 2 rings (SSSR count). The Kier molecular flexibility index (Phi) is 7.88. The van der Waals surface area contributed by atoms with Crippen LogP contribution in [0.2, 0.25) is 0 Å². The highest BCUT2D eigenvalue weighted by molar-refractivity contribution is 8.26. The van der Waals surface area contributed by atoms with Gasteiger partial charge >= 0.3 is 12.1 Å². The molecule has 1 N–H and O–H groups in total. The topological polar surface area (TPSA) is 87.2 Å². The van der Waals surface area contributed by atoms with E-state index in [2.05, 4.69) is 0 Å². The number of hydrogen-bond donors (Lipinski definition) is 1. The number of carbonyl (C=O) groups excluding carboxylic acids is 2. The molecule has 2 saturated heterocycles. The van der Waals surface area contributed by atoms with Crippen molar-refractivity contribution in [1.29, 1.82) is 0 Å². The third-order valence-corrected chi connectivity index (χ3v) is 5.98. The minimum Gasteiger partial charge on any atom is -0.481 e. The van der Waals surface area contributed by atoms with Gasteiger partial charge < -0.3 is 14.7 Å². The van der Waals surface area contributed by atoms with E-state index < -0.39 is 11.6 Å². The molecule has 156 valence electrons. The number of aliphatic carboxylic acids is 1. The first-order valence-electron chi connectivity index (χ1n) is 9.50. The number of amides is 2. The molecule has 2 fully saturated rings. The summed E-state index contributed by atoms with van der Waals surface area (Å²) in [5.41, 5.74) is -0.493. The molecule has 0 aromatic rings. The second-order valence-corrected chi connectivity index (χ2v) is 9.71. The van der Waals surface area contributed by atoms with Crippen LogP contribution in [0.15, 0.2) is 11.0 Å². The fourth-order valence-corrected chi connectivity index (χ4v) is 4.36. The van der Waals surface area contributed by atoms with Gasteiger partial charge in [0.05, 0.1) is 4.91 Å². The van der Waals surface area contributed by atoms with E-state index in [0.29, 0.717) is 41.2 Å². The van der Waals surface area contributed by atoms with E-state index >= 15 is 0 Å². The Labute approximate surface area is 175 Å². The summed E-state index contributed by atoms with van der Waals surface area (Å²) >= 11 is 6.53. The highest BCUT2D eigenvalue weighted by Crippen LogP contribution is 2.33. The fraction of sp³-hybridized carbons (Fsp3) is 0.684. The number of likely N-dealkylation sites (tertiary alicyclic amines) is 1. The Morgan fingerprint density at radius 2 is 1.96 bits per heavy atom. The number of carbonyl (C=O) groups is 3. The van der Waals surface area contributed by atoms with E-state index in [0.717, 1.165) is 19.3 Å². The van der Waals surface area contributed by atoms with Crippen LogP contribution in [0, 0.1) is 5.92 Å². The zero-order valence-electron chi connectivity index (χ0n) is 16.6. The van der Waals surface area contributed by atoms with Crippen molar-refractivity contribution in [3.63, 3.8) is 0 Å².